The van der Waals surface area contributed by atoms with Crippen molar-refractivity contribution < 1.29 is 9.59 Å². The van der Waals surface area contributed by atoms with Gasteiger partial charge in [0.15, 0.2) is 0 Å². The summed E-state index contributed by atoms with van der Waals surface area (Å²) in [6, 6.07) is 16.1. The summed E-state index contributed by atoms with van der Waals surface area (Å²) < 4.78 is 0. The Morgan fingerprint density at radius 2 is 1.65 bits per heavy atom. The average molecular weight is 422 g/mol. The van der Waals surface area contributed by atoms with Gasteiger partial charge in [0.1, 0.15) is 0 Å². The maximum absolute atomic E-state index is 12.8. The van der Waals surface area contributed by atoms with Gasteiger partial charge >= 0.3 is 0 Å². The molecule has 1 saturated heterocycles. The van der Waals surface area contributed by atoms with Crippen LogP contribution in [0.5, 0.6) is 0 Å². The number of piperidine rings is 1. The SMILES string of the molecule is CCN(CC)Cc1ccc(CNC(=O)C2CCCN(C(=O)c3ccc(C)cc3)C2)cc1. The molecule has 0 bridgehead atoms. The Morgan fingerprint density at radius 3 is 2.29 bits per heavy atom. The van der Waals surface area contributed by atoms with Gasteiger partial charge in [-0.15, -0.1) is 0 Å². The molecule has 1 unspecified atom stereocenters. The molecule has 5 nitrogen and oxygen atoms in total. The number of nitrogens with zero attached hydrogens (tertiary/aromatic N) is 2. The van der Waals surface area contributed by atoms with Crippen LogP contribution < -0.4 is 5.32 Å². The Labute approximate surface area is 186 Å². The molecule has 5 heteroatoms. The van der Waals surface area contributed by atoms with Gasteiger partial charge in [0, 0.05) is 31.7 Å². The second-order valence-electron chi connectivity index (χ2n) is 8.45. The number of aryl methyl sites for hydroxylation is 1. The molecule has 1 aliphatic heterocycles. The number of benzene rings is 2. The predicted molar refractivity (Wildman–Crippen MR) is 125 cm³/mol. The van der Waals surface area contributed by atoms with E-state index in [0.29, 0.717) is 25.2 Å². The van der Waals surface area contributed by atoms with Crippen LogP contribution in [0, 0.1) is 12.8 Å². The Hall–Kier alpha value is -2.66. The zero-order valence-electron chi connectivity index (χ0n) is 19.1. The van der Waals surface area contributed by atoms with Gasteiger partial charge in [0.25, 0.3) is 5.91 Å². The maximum Gasteiger partial charge on any atom is 0.253 e. The van der Waals surface area contributed by atoms with E-state index in [2.05, 4.69) is 48.3 Å². The van der Waals surface area contributed by atoms with Gasteiger partial charge in [0.05, 0.1) is 5.92 Å². The summed E-state index contributed by atoms with van der Waals surface area (Å²) in [5, 5.41) is 3.07. The van der Waals surface area contributed by atoms with Crippen LogP contribution in [0.15, 0.2) is 48.5 Å². The van der Waals surface area contributed by atoms with E-state index in [1.807, 2.05) is 36.1 Å². The van der Waals surface area contributed by atoms with Crippen molar-refractivity contribution in [2.24, 2.45) is 5.92 Å². The lowest BCUT2D eigenvalue weighted by atomic mass is 9.96. The molecule has 31 heavy (non-hydrogen) atoms. The van der Waals surface area contributed by atoms with Crippen LogP contribution in [0.4, 0.5) is 0 Å². The van der Waals surface area contributed by atoms with Crippen molar-refractivity contribution in [3.63, 3.8) is 0 Å². The van der Waals surface area contributed by atoms with E-state index < -0.39 is 0 Å². The predicted octanol–water partition coefficient (Wildman–Crippen LogP) is 4.01. The first-order valence-corrected chi connectivity index (χ1v) is 11.4. The molecule has 0 saturated carbocycles. The Morgan fingerprint density at radius 1 is 1.00 bits per heavy atom. The van der Waals surface area contributed by atoms with Crippen LogP contribution in [0.2, 0.25) is 0 Å². The van der Waals surface area contributed by atoms with E-state index in [0.717, 1.165) is 43.6 Å². The molecule has 1 atom stereocenters. The Kier molecular flexibility index (Phi) is 8.24. The molecule has 1 fully saturated rings. The highest BCUT2D eigenvalue weighted by molar-refractivity contribution is 5.94. The lowest BCUT2D eigenvalue weighted by Crippen LogP contribution is -2.45. The molecule has 3 rings (SSSR count). The van der Waals surface area contributed by atoms with Crippen molar-refractivity contribution in [3.8, 4) is 0 Å². The first-order chi connectivity index (χ1) is 15.0. The summed E-state index contributed by atoms with van der Waals surface area (Å²) >= 11 is 0. The lowest BCUT2D eigenvalue weighted by molar-refractivity contribution is -0.126. The summed E-state index contributed by atoms with van der Waals surface area (Å²) in [5.41, 5.74) is 4.21. The number of hydrogen-bond donors (Lipinski definition) is 1. The molecule has 0 radical (unpaired) electrons. The summed E-state index contributed by atoms with van der Waals surface area (Å²) in [5.74, 6) is -0.0972. The minimum absolute atomic E-state index is 0.0151. The smallest absolute Gasteiger partial charge is 0.253 e. The van der Waals surface area contributed by atoms with E-state index in [-0.39, 0.29) is 17.7 Å². The van der Waals surface area contributed by atoms with Crippen molar-refractivity contribution in [1.82, 2.24) is 15.1 Å². The average Bonchev–Trinajstić information content (AvgIpc) is 2.82. The number of nitrogens with one attached hydrogen (secondary N) is 1. The molecule has 1 aliphatic rings. The van der Waals surface area contributed by atoms with Crippen LogP contribution >= 0.6 is 0 Å². The number of carbonyl (C=O) groups excluding carboxylic acids is 2. The van der Waals surface area contributed by atoms with Crippen molar-refractivity contribution in [1.29, 1.82) is 0 Å². The number of likely N-dealkylation sites (tertiary alicyclic amines) is 1. The Balaban J connectivity index is 1.51. The summed E-state index contributed by atoms with van der Waals surface area (Å²) in [7, 11) is 0. The van der Waals surface area contributed by atoms with Crippen molar-refractivity contribution in [3.05, 3.63) is 70.8 Å². The summed E-state index contributed by atoms with van der Waals surface area (Å²) in [6.45, 7) is 11.1. The van der Waals surface area contributed by atoms with E-state index in [1.54, 1.807) is 0 Å². The van der Waals surface area contributed by atoms with Crippen LogP contribution in [0.3, 0.4) is 0 Å². The van der Waals surface area contributed by atoms with Gasteiger partial charge in [-0.3, -0.25) is 14.5 Å². The monoisotopic (exact) mass is 421 g/mol. The topological polar surface area (TPSA) is 52.7 Å². The van der Waals surface area contributed by atoms with Crippen molar-refractivity contribution >= 4 is 11.8 Å². The van der Waals surface area contributed by atoms with Gasteiger partial charge in [-0.1, -0.05) is 55.8 Å². The summed E-state index contributed by atoms with van der Waals surface area (Å²) in [6.07, 6.45) is 1.68. The van der Waals surface area contributed by atoms with Gasteiger partial charge < -0.3 is 10.2 Å². The van der Waals surface area contributed by atoms with E-state index in [4.69, 9.17) is 0 Å². The van der Waals surface area contributed by atoms with Gasteiger partial charge in [-0.25, -0.2) is 0 Å². The van der Waals surface area contributed by atoms with Crippen LogP contribution in [-0.4, -0.2) is 47.8 Å². The van der Waals surface area contributed by atoms with E-state index in [9.17, 15) is 9.59 Å². The van der Waals surface area contributed by atoms with Gasteiger partial charge in [-0.2, -0.15) is 0 Å². The second-order valence-corrected chi connectivity index (χ2v) is 8.45. The third-order valence-corrected chi connectivity index (χ3v) is 6.17. The fourth-order valence-electron chi connectivity index (χ4n) is 4.06. The standard InChI is InChI=1S/C26H35N3O2/c1-4-28(5-2)18-22-12-10-21(11-13-22)17-27-25(30)24-7-6-16-29(19-24)26(31)23-14-8-20(3)9-15-23/h8-15,24H,4-7,16-19H2,1-3H3,(H,27,30). The first kappa shape index (κ1) is 23.0. The van der Waals surface area contributed by atoms with E-state index in [1.165, 1.54) is 5.56 Å². The molecular weight excluding hydrogens is 386 g/mol. The minimum atomic E-state index is -0.148. The highest BCUT2D eigenvalue weighted by Gasteiger charge is 2.28. The molecule has 2 amide bonds. The van der Waals surface area contributed by atoms with Gasteiger partial charge in [-0.05, 0) is 56.1 Å². The zero-order valence-corrected chi connectivity index (χ0v) is 19.1. The molecule has 0 aliphatic carbocycles. The Bertz CT molecular complexity index is 857. The largest absolute Gasteiger partial charge is 0.352 e. The summed E-state index contributed by atoms with van der Waals surface area (Å²) in [4.78, 5) is 29.8. The minimum Gasteiger partial charge on any atom is -0.352 e. The number of amides is 2. The molecule has 0 spiro atoms. The van der Waals surface area contributed by atoms with Crippen molar-refractivity contribution in [2.75, 3.05) is 26.2 Å². The molecule has 0 aromatic heterocycles. The van der Waals surface area contributed by atoms with Gasteiger partial charge in [0.2, 0.25) is 5.91 Å². The van der Waals surface area contributed by atoms with E-state index >= 15 is 0 Å². The number of rotatable bonds is 8. The molecule has 1 heterocycles. The normalized spacial score (nSPS) is 16.4. The first-order valence-electron chi connectivity index (χ1n) is 11.4. The number of carbonyl (C=O) groups is 2. The fraction of sp³-hybridized carbons (Fsp3) is 0.462. The molecular formula is C26H35N3O2. The second kappa shape index (κ2) is 11.1. The molecule has 2 aromatic carbocycles. The fourth-order valence-corrected chi connectivity index (χ4v) is 4.06. The third kappa shape index (κ3) is 6.41. The third-order valence-electron chi connectivity index (χ3n) is 6.17. The highest BCUT2D eigenvalue weighted by atomic mass is 16.2. The molecule has 2 aromatic rings. The van der Waals surface area contributed by atoms with Crippen LogP contribution in [-0.2, 0) is 17.9 Å². The lowest BCUT2D eigenvalue weighted by Gasteiger charge is -2.32. The molecule has 1 N–H and O–H groups in total. The van der Waals surface area contributed by atoms with Crippen molar-refractivity contribution in [2.45, 2.75) is 46.7 Å². The highest BCUT2D eigenvalue weighted by Crippen LogP contribution is 2.19. The zero-order chi connectivity index (χ0) is 22.2. The maximum atomic E-state index is 12.8. The van der Waals surface area contributed by atoms with Crippen LogP contribution in [0.1, 0.15) is 53.7 Å². The molecule has 166 valence electrons. The quantitative estimate of drug-likeness (QED) is 0.701. The van der Waals surface area contributed by atoms with Crippen LogP contribution in [0.25, 0.3) is 0 Å². The number of hydrogen-bond acceptors (Lipinski definition) is 3.